The fourth-order valence-electron chi connectivity index (χ4n) is 1.88. The molecule has 1 aromatic carbocycles. The summed E-state index contributed by atoms with van der Waals surface area (Å²) in [6.07, 6.45) is 5.45. The number of halogens is 1. The molecule has 1 unspecified atom stereocenters. The first-order chi connectivity index (χ1) is 6.75. The highest BCUT2D eigenvalue weighted by atomic mass is 79.9. The Morgan fingerprint density at radius 1 is 1.36 bits per heavy atom. The van der Waals surface area contributed by atoms with E-state index in [1.165, 1.54) is 36.8 Å². The third-order valence-electron chi connectivity index (χ3n) is 2.99. The fourth-order valence-corrected chi connectivity index (χ4v) is 2.75. The van der Waals surface area contributed by atoms with E-state index in [1.54, 1.807) is 0 Å². The predicted octanol–water partition coefficient (Wildman–Crippen LogP) is 4.10. The van der Waals surface area contributed by atoms with E-state index < -0.39 is 0 Å². The molecule has 1 heteroatoms. The molecule has 0 amide bonds. The number of benzene rings is 1. The standard InChI is InChI=1S/C13H17Br/c1-10-4-2-3-5-12(10)9-13(14)8-11-6-7-11/h2-5,11,13H,6-9H2,1H3. The van der Waals surface area contributed by atoms with Gasteiger partial charge in [0, 0.05) is 4.83 Å². The van der Waals surface area contributed by atoms with Crippen molar-refractivity contribution in [3.63, 3.8) is 0 Å². The Bertz CT molecular complexity index is 302. The zero-order valence-corrected chi connectivity index (χ0v) is 10.3. The summed E-state index contributed by atoms with van der Waals surface area (Å²) in [5, 5.41) is 0. The van der Waals surface area contributed by atoms with Gasteiger partial charge in [-0.1, -0.05) is 53.0 Å². The molecule has 76 valence electrons. The van der Waals surface area contributed by atoms with E-state index in [2.05, 4.69) is 47.1 Å². The second-order valence-corrected chi connectivity index (χ2v) is 5.70. The third kappa shape index (κ3) is 2.84. The summed E-state index contributed by atoms with van der Waals surface area (Å²) in [5.74, 6) is 1.02. The van der Waals surface area contributed by atoms with Crippen molar-refractivity contribution in [2.75, 3.05) is 0 Å². The van der Waals surface area contributed by atoms with Crippen molar-refractivity contribution in [1.29, 1.82) is 0 Å². The van der Waals surface area contributed by atoms with Crippen molar-refractivity contribution in [3.8, 4) is 0 Å². The highest BCUT2D eigenvalue weighted by Gasteiger charge is 2.24. The summed E-state index contributed by atoms with van der Waals surface area (Å²) in [6.45, 7) is 2.20. The van der Waals surface area contributed by atoms with E-state index >= 15 is 0 Å². The molecule has 0 aliphatic heterocycles. The summed E-state index contributed by atoms with van der Waals surface area (Å²) in [5.41, 5.74) is 2.92. The molecule has 0 N–H and O–H groups in total. The van der Waals surface area contributed by atoms with Crippen LogP contribution in [0.25, 0.3) is 0 Å². The molecule has 0 radical (unpaired) electrons. The van der Waals surface area contributed by atoms with Crippen LogP contribution in [0, 0.1) is 12.8 Å². The van der Waals surface area contributed by atoms with Gasteiger partial charge in [-0.05, 0) is 36.8 Å². The molecule has 1 fully saturated rings. The maximum Gasteiger partial charge on any atom is 0.0188 e. The Balaban J connectivity index is 1.91. The van der Waals surface area contributed by atoms with Gasteiger partial charge < -0.3 is 0 Å². The van der Waals surface area contributed by atoms with Crippen molar-refractivity contribution >= 4 is 15.9 Å². The first-order valence-electron chi connectivity index (χ1n) is 5.44. The van der Waals surface area contributed by atoms with Crippen LogP contribution in [0.1, 0.15) is 30.4 Å². The van der Waals surface area contributed by atoms with Crippen LogP contribution < -0.4 is 0 Å². The second-order valence-electron chi connectivity index (χ2n) is 4.41. The molecule has 1 aliphatic carbocycles. The summed E-state index contributed by atoms with van der Waals surface area (Å²) in [6, 6.07) is 8.70. The molecule has 0 saturated heterocycles. The van der Waals surface area contributed by atoms with E-state index in [0.29, 0.717) is 4.83 Å². The molecule has 1 aromatic rings. The molecular formula is C13H17Br. The quantitative estimate of drug-likeness (QED) is 0.708. The van der Waals surface area contributed by atoms with Crippen molar-refractivity contribution in [3.05, 3.63) is 35.4 Å². The summed E-state index contributed by atoms with van der Waals surface area (Å²) >= 11 is 3.79. The van der Waals surface area contributed by atoms with Crippen LogP contribution in [0.5, 0.6) is 0 Å². The lowest BCUT2D eigenvalue weighted by Gasteiger charge is -2.10. The molecular weight excluding hydrogens is 236 g/mol. The van der Waals surface area contributed by atoms with Gasteiger partial charge in [0.15, 0.2) is 0 Å². The Labute approximate surface area is 94.8 Å². The van der Waals surface area contributed by atoms with Crippen molar-refractivity contribution in [2.24, 2.45) is 5.92 Å². The first-order valence-corrected chi connectivity index (χ1v) is 6.36. The maximum atomic E-state index is 3.79. The minimum atomic E-state index is 0.677. The van der Waals surface area contributed by atoms with Crippen LogP contribution in [0.4, 0.5) is 0 Å². The highest BCUT2D eigenvalue weighted by Crippen LogP contribution is 2.36. The van der Waals surface area contributed by atoms with E-state index in [4.69, 9.17) is 0 Å². The molecule has 0 bridgehead atoms. The van der Waals surface area contributed by atoms with Crippen molar-refractivity contribution < 1.29 is 0 Å². The van der Waals surface area contributed by atoms with Gasteiger partial charge >= 0.3 is 0 Å². The minimum absolute atomic E-state index is 0.677. The molecule has 1 aliphatic rings. The normalized spacial score (nSPS) is 18.1. The topological polar surface area (TPSA) is 0 Å². The Morgan fingerprint density at radius 2 is 2.07 bits per heavy atom. The predicted molar refractivity (Wildman–Crippen MR) is 64.9 cm³/mol. The van der Waals surface area contributed by atoms with Crippen LogP contribution in [0.3, 0.4) is 0 Å². The second kappa shape index (κ2) is 4.48. The maximum absolute atomic E-state index is 3.79. The van der Waals surface area contributed by atoms with Gasteiger partial charge in [-0.2, -0.15) is 0 Å². The zero-order chi connectivity index (χ0) is 9.97. The number of alkyl halides is 1. The largest absolute Gasteiger partial charge is 0.0887 e. The number of hydrogen-bond acceptors (Lipinski definition) is 0. The highest BCUT2D eigenvalue weighted by molar-refractivity contribution is 9.09. The number of aryl methyl sites for hydroxylation is 1. The van der Waals surface area contributed by atoms with Gasteiger partial charge in [-0.15, -0.1) is 0 Å². The van der Waals surface area contributed by atoms with Crippen molar-refractivity contribution in [2.45, 2.75) is 37.4 Å². The van der Waals surface area contributed by atoms with Gasteiger partial charge in [-0.25, -0.2) is 0 Å². The van der Waals surface area contributed by atoms with Gasteiger partial charge in [0.1, 0.15) is 0 Å². The molecule has 1 saturated carbocycles. The monoisotopic (exact) mass is 252 g/mol. The summed E-state index contributed by atoms with van der Waals surface area (Å²) in [4.78, 5) is 0.677. The molecule has 0 spiro atoms. The average molecular weight is 253 g/mol. The van der Waals surface area contributed by atoms with Crippen LogP contribution in [-0.4, -0.2) is 4.83 Å². The molecule has 14 heavy (non-hydrogen) atoms. The number of hydrogen-bond donors (Lipinski definition) is 0. The van der Waals surface area contributed by atoms with Gasteiger partial charge in [0.25, 0.3) is 0 Å². The Morgan fingerprint density at radius 3 is 2.71 bits per heavy atom. The number of rotatable bonds is 4. The van der Waals surface area contributed by atoms with Gasteiger partial charge in [0.05, 0.1) is 0 Å². The fraction of sp³-hybridized carbons (Fsp3) is 0.538. The van der Waals surface area contributed by atoms with E-state index in [-0.39, 0.29) is 0 Å². The van der Waals surface area contributed by atoms with Gasteiger partial charge in [-0.3, -0.25) is 0 Å². The van der Waals surface area contributed by atoms with E-state index in [1.807, 2.05) is 0 Å². The van der Waals surface area contributed by atoms with Gasteiger partial charge in [0.2, 0.25) is 0 Å². The molecule has 2 rings (SSSR count). The van der Waals surface area contributed by atoms with E-state index in [9.17, 15) is 0 Å². The SMILES string of the molecule is Cc1ccccc1CC(Br)CC1CC1. The lowest BCUT2D eigenvalue weighted by Crippen LogP contribution is -2.04. The summed E-state index contributed by atoms with van der Waals surface area (Å²) in [7, 11) is 0. The van der Waals surface area contributed by atoms with Crippen molar-refractivity contribution in [1.82, 2.24) is 0 Å². The van der Waals surface area contributed by atoms with Crippen LogP contribution in [-0.2, 0) is 6.42 Å². The average Bonchev–Trinajstić information content (AvgIpc) is 2.93. The summed E-state index contributed by atoms with van der Waals surface area (Å²) < 4.78 is 0. The lowest BCUT2D eigenvalue weighted by atomic mass is 10.0. The molecule has 1 atom stereocenters. The zero-order valence-electron chi connectivity index (χ0n) is 8.67. The smallest absolute Gasteiger partial charge is 0.0188 e. The first kappa shape index (κ1) is 10.2. The van der Waals surface area contributed by atoms with Crippen LogP contribution in [0.15, 0.2) is 24.3 Å². The molecule has 0 heterocycles. The van der Waals surface area contributed by atoms with Crippen LogP contribution in [0.2, 0.25) is 0 Å². The van der Waals surface area contributed by atoms with Crippen LogP contribution >= 0.6 is 15.9 Å². The Kier molecular flexibility index (Phi) is 3.27. The molecule has 0 nitrogen and oxygen atoms in total. The van der Waals surface area contributed by atoms with E-state index in [0.717, 1.165) is 5.92 Å². The lowest BCUT2D eigenvalue weighted by molar-refractivity contribution is 0.689. The Hall–Kier alpha value is -0.300. The third-order valence-corrected chi connectivity index (χ3v) is 3.69. The minimum Gasteiger partial charge on any atom is -0.0887 e. The molecule has 0 aromatic heterocycles.